The molecule has 1 atom stereocenters. The van der Waals surface area contributed by atoms with Crippen LogP contribution in [0.3, 0.4) is 0 Å². The molecule has 28 heavy (non-hydrogen) atoms. The minimum Gasteiger partial charge on any atom is -0.459 e. The fraction of sp³-hybridized carbons (Fsp3) is 0.480. The number of rotatable bonds is 4. The fourth-order valence-electron chi connectivity index (χ4n) is 4.95. The molecule has 1 fully saturated rings. The molecule has 4 rings (SSSR count). The van der Waals surface area contributed by atoms with E-state index in [1.165, 1.54) is 44.1 Å². The molecule has 0 amide bonds. The summed E-state index contributed by atoms with van der Waals surface area (Å²) >= 11 is 0. The van der Waals surface area contributed by atoms with Gasteiger partial charge in [-0.3, -0.25) is 0 Å². The van der Waals surface area contributed by atoms with E-state index in [-0.39, 0.29) is 11.7 Å². The second-order valence-electron chi connectivity index (χ2n) is 8.51. The molecule has 1 saturated carbocycles. The van der Waals surface area contributed by atoms with Gasteiger partial charge in [0.1, 0.15) is 11.9 Å². The van der Waals surface area contributed by atoms with E-state index in [9.17, 15) is 4.79 Å². The number of ether oxygens (including phenoxy) is 1. The number of halogens is 1. The van der Waals surface area contributed by atoms with Crippen molar-refractivity contribution in [3.05, 3.63) is 58.9 Å². The third-order valence-electron chi connectivity index (χ3n) is 6.48. The number of hydrogen-bond acceptors (Lipinski definition) is 2. The Morgan fingerprint density at radius 2 is 1.75 bits per heavy atom. The van der Waals surface area contributed by atoms with E-state index in [0.29, 0.717) is 17.9 Å². The lowest BCUT2D eigenvalue weighted by molar-refractivity contribution is 0.0294. The summed E-state index contributed by atoms with van der Waals surface area (Å²) in [4.78, 5) is 12.2. The number of hydrogen-bond donors (Lipinski definition) is 0. The molecule has 0 spiro atoms. The second-order valence-corrected chi connectivity index (χ2v) is 8.51. The molecule has 0 N–H and O–H groups in total. The van der Waals surface area contributed by atoms with Crippen LogP contribution in [0.1, 0.15) is 79.8 Å². The van der Waals surface area contributed by atoms with Crippen LogP contribution in [-0.2, 0) is 11.2 Å². The molecule has 0 radical (unpaired) electrons. The summed E-state index contributed by atoms with van der Waals surface area (Å²) in [5, 5.41) is 0. The van der Waals surface area contributed by atoms with Crippen LogP contribution in [0, 0.1) is 11.7 Å². The van der Waals surface area contributed by atoms with E-state index in [2.05, 4.69) is 19.1 Å². The molecule has 2 nitrogen and oxygen atoms in total. The lowest BCUT2D eigenvalue weighted by Gasteiger charge is -2.28. The molecule has 1 aliphatic carbocycles. The first-order valence-electron chi connectivity index (χ1n) is 10.7. The van der Waals surface area contributed by atoms with Crippen molar-refractivity contribution in [2.45, 2.75) is 70.8 Å². The predicted octanol–water partition coefficient (Wildman–Crippen LogP) is 6.67. The first kappa shape index (κ1) is 19.2. The highest BCUT2D eigenvalue weighted by Crippen LogP contribution is 2.38. The Bertz CT molecular complexity index is 848. The first-order chi connectivity index (χ1) is 13.6. The smallest absolute Gasteiger partial charge is 0.341 e. The Balaban J connectivity index is 1.54. The van der Waals surface area contributed by atoms with Crippen molar-refractivity contribution in [1.82, 2.24) is 0 Å². The lowest BCUT2D eigenvalue weighted by Crippen LogP contribution is -2.26. The number of cyclic esters (lactones) is 1. The van der Waals surface area contributed by atoms with Crippen molar-refractivity contribution in [2.75, 3.05) is 0 Å². The standard InChI is InChI=1S/C25H29FO2/c1-3-4-17-5-7-18(8-6-17)19-9-11-20(12-10-19)22-14-13-21-15-16(2)28-25(27)23(21)24(22)26/h9-14,16-18H,3-8,15H2,1-2H3. The molecule has 1 heterocycles. The zero-order valence-electron chi connectivity index (χ0n) is 16.8. The summed E-state index contributed by atoms with van der Waals surface area (Å²) in [6.07, 6.45) is 8.14. The molecule has 1 unspecified atom stereocenters. The highest BCUT2D eigenvalue weighted by Gasteiger charge is 2.29. The summed E-state index contributed by atoms with van der Waals surface area (Å²) in [7, 11) is 0. The van der Waals surface area contributed by atoms with Gasteiger partial charge >= 0.3 is 5.97 Å². The van der Waals surface area contributed by atoms with Crippen LogP contribution < -0.4 is 0 Å². The maximum atomic E-state index is 15.1. The molecular formula is C25H29FO2. The molecule has 1 aliphatic heterocycles. The zero-order valence-corrected chi connectivity index (χ0v) is 16.8. The summed E-state index contributed by atoms with van der Waals surface area (Å²) in [6.45, 7) is 4.10. The summed E-state index contributed by atoms with van der Waals surface area (Å²) in [5.74, 6) is 0.510. The van der Waals surface area contributed by atoms with Gasteiger partial charge in [-0.05, 0) is 61.1 Å². The Kier molecular flexibility index (Phi) is 5.52. The monoisotopic (exact) mass is 380 g/mol. The minimum absolute atomic E-state index is 0.105. The van der Waals surface area contributed by atoms with E-state index in [1.54, 1.807) is 6.07 Å². The Morgan fingerprint density at radius 1 is 1.04 bits per heavy atom. The number of carbonyl (C=O) groups is 1. The number of esters is 1. The molecule has 148 valence electrons. The van der Waals surface area contributed by atoms with Gasteiger partial charge in [0.15, 0.2) is 0 Å². The van der Waals surface area contributed by atoms with Gasteiger partial charge in [-0.1, -0.05) is 56.2 Å². The molecule has 0 bridgehead atoms. The van der Waals surface area contributed by atoms with Gasteiger partial charge in [0.2, 0.25) is 0 Å². The normalized spacial score (nSPS) is 24.5. The molecule has 2 aliphatic rings. The van der Waals surface area contributed by atoms with Crippen molar-refractivity contribution in [3.63, 3.8) is 0 Å². The van der Waals surface area contributed by atoms with E-state index >= 15 is 4.39 Å². The average molecular weight is 381 g/mol. The van der Waals surface area contributed by atoms with Gasteiger partial charge in [0.05, 0.1) is 5.56 Å². The van der Waals surface area contributed by atoms with Crippen LogP contribution in [0.4, 0.5) is 4.39 Å². The number of benzene rings is 2. The van der Waals surface area contributed by atoms with E-state index in [1.807, 2.05) is 25.1 Å². The zero-order chi connectivity index (χ0) is 19.7. The van der Waals surface area contributed by atoms with Crippen LogP contribution in [0.5, 0.6) is 0 Å². The Hall–Kier alpha value is -2.16. The lowest BCUT2D eigenvalue weighted by atomic mass is 9.77. The van der Waals surface area contributed by atoms with Crippen LogP contribution in [0.15, 0.2) is 36.4 Å². The van der Waals surface area contributed by atoms with Gasteiger partial charge < -0.3 is 4.74 Å². The highest BCUT2D eigenvalue weighted by atomic mass is 19.1. The fourth-order valence-corrected chi connectivity index (χ4v) is 4.95. The predicted molar refractivity (Wildman–Crippen MR) is 110 cm³/mol. The number of carbonyl (C=O) groups excluding carboxylic acids is 1. The van der Waals surface area contributed by atoms with Crippen LogP contribution in [-0.4, -0.2) is 12.1 Å². The van der Waals surface area contributed by atoms with Crippen molar-refractivity contribution in [2.24, 2.45) is 5.92 Å². The van der Waals surface area contributed by atoms with Crippen LogP contribution in [0.2, 0.25) is 0 Å². The van der Waals surface area contributed by atoms with Gasteiger partial charge in [-0.25, -0.2) is 9.18 Å². The van der Waals surface area contributed by atoms with E-state index in [0.717, 1.165) is 17.0 Å². The van der Waals surface area contributed by atoms with Gasteiger partial charge in [0, 0.05) is 12.0 Å². The molecule has 2 aromatic carbocycles. The molecular weight excluding hydrogens is 351 g/mol. The SMILES string of the molecule is CCCC1CCC(c2ccc(-c3ccc4c(c3F)C(=O)OC(C)C4)cc2)CC1. The topological polar surface area (TPSA) is 26.3 Å². The summed E-state index contributed by atoms with van der Waals surface area (Å²) in [6, 6.07) is 11.9. The van der Waals surface area contributed by atoms with Crippen LogP contribution >= 0.6 is 0 Å². The van der Waals surface area contributed by atoms with E-state index < -0.39 is 11.8 Å². The Labute approximate surface area is 167 Å². The molecule has 3 heteroatoms. The molecule has 2 aromatic rings. The Morgan fingerprint density at radius 3 is 2.43 bits per heavy atom. The maximum absolute atomic E-state index is 15.1. The van der Waals surface area contributed by atoms with E-state index in [4.69, 9.17) is 4.74 Å². The van der Waals surface area contributed by atoms with Crippen molar-refractivity contribution < 1.29 is 13.9 Å². The summed E-state index contributed by atoms with van der Waals surface area (Å²) < 4.78 is 20.3. The van der Waals surface area contributed by atoms with Crippen molar-refractivity contribution >= 4 is 5.97 Å². The first-order valence-corrected chi connectivity index (χ1v) is 10.7. The number of fused-ring (bicyclic) bond motifs is 1. The molecule has 0 saturated heterocycles. The second kappa shape index (κ2) is 8.06. The van der Waals surface area contributed by atoms with Gasteiger partial charge in [0.25, 0.3) is 0 Å². The third-order valence-corrected chi connectivity index (χ3v) is 6.48. The molecule has 0 aromatic heterocycles. The van der Waals surface area contributed by atoms with Crippen LogP contribution in [0.25, 0.3) is 11.1 Å². The van der Waals surface area contributed by atoms with Gasteiger partial charge in [-0.2, -0.15) is 0 Å². The van der Waals surface area contributed by atoms with Gasteiger partial charge in [-0.15, -0.1) is 0 Å². The minimum atomic E-state index is -0.548. The maximum Gasteiger partial charge on any atom is 0.341 e. The van der Waals surface area contributed by atoms with Crippen molar-refractivity contribution in [3.8, 4) is 11.1 Å². The van der Waals surface area contributed by atoms with Crippen molar-refractivity contribution in [1.29, 1.82) is 0 Å². The highest BCUT2D eigenvalue weighted by molar-refractivity contribution is 5.94. The summed E-state index contributed by atoms with van der Waals surface area (Å²) in [5.41, 5.74) is 3.49. The largest absolute Gasteiger partial charge is 0.459 e. The quantitative estimate of drug-likeness (QED) is 0.554. The average Bonchev–Trinajstić information content (AvgIpc) is 2.69. The third kappa shape index (κ3) is 3.72.